The predicted molar refractivity (Wildman–Crippen MR) is 98.5 cm³/mol. The van der Waals surface area contributed by atoms with Gasteiger partial charge in [-0.25, -0.2) is 9.97 Å². The van der Waals surface area contributed by atoms with Gasteiger partial charge in [0.05, 0.1) is 11.4 Å². The second kappa shape index (κ2) is 6.02. The molecule has 0 radical (unpaired) electrons. The van der Waals surface area contributed by atoms with E-state index in [0.29, 0.717) is 22.7 Å². The van der Waals surface area contributed by atoms with E-state index < -0.39 is 0 Å². The van der Waals surface area contributed by atoms with E-state index in [1.165, 1.54) is 19.2 Å². The average molecular weight is 337 g/mol. The fraction of sp³-hybridized carbons (Fsp3) is 0.421. The van der Waals surface area contributed by atoms with Crippen LogP contribution in [-0.4, -0.2) is 34.4 Å². The molecule has 0 unspecified atom stereocenters. The van der Waals surface area contributed by atoms with Gasteiger partial charge in [-0.05, 0) is 50.8 Å². The van der Waals surface area contributed by atoms with Gasteiger partial charge in [0.25, 0.3) is 0 Å². The number of nitrogens with one attached hydrogen (secondary N) is 1. The van der Waals surface area contributed by atoms with Gasteiger partial charge in [0.15, 0.2) is 0 Å². The summed E-state index contributed by atoms with van der Waals surface area (Å²) in [6.45, 7) is 4.11. The summed E-state index contributed by atoms with van der Waals surface area (Å²) in [4.78, 5) is 10.9. The van der Waals surface area contributed by atoms with Gasteiger partial charge in [-0.3, -0.25) is 5.41 Å². The van der Waals surface area contributed by atoms with Crippen LogP contribution in [0.4, 0.5) is 11.5 Å². The molecule has 130 valence electrons. The zero-order chi connectivity index (χ0) is 17.4. The molecular weight excluding hydrogens is 314 g/mol. The molecular formula is C19H23N5O. The Kier molecular flexibility index (Phi) is 3.82. The molecule has 2 aromatic rings. The highest BCUT2D eigenvalue weighted by atomic mass is 16.5. The minimum absolute atomic E-state index is 0.0621. The summed E-state index contributed by atoms with van der Waals surface area (Å²) in [5, 5.41) is 8.58. The number of rotatable bonds is 5. The van der Waals surface area contributed by atoms with E-state index in [1.807, 2.05) is 18.2 Å². The lowest BCUT2D eigenvalue weighted by Crippen LogP contribution is -2.20. The third kappa shape index (κ3) is 3.29. The summed E-state index contributed by atoms with van der Waals surface area (Å²) in [6, 6.07) is 7.39. The summed E-state index contributed by atoms with van der Waals surface area (Å²) >= 11 is 0. The number of hydrogen-bond donors (Lipinski definition) is 2. The molecule has 1 saturated carbocycles. The fourth-order valence-corrected chi connectivity index (χ4v) is 3.12. The van der Waals surface area contributed by atoms with E-state index in [4.69, 9.17) is 15.9 Å². The van der Waals surface area contributed by atoms with Crippen LogP contribution < -0.4 is 15.4 Å². The first-order valence-electron chi connectivity index (χ1n) is 8.79. The minimum Gasteiger partial charge on any atom is -0.488 e. The monoisotopic (exact) mass is 337 g/mol. The molecule has 2 heterocycles. The number of aromatic nitrogens is 2. The Bertz CT molecular complexity index is 809. The van der Waals surface area contributed by atoms with Crippen molar-refractivity contribution < 1.29 is 4.74 Å². The molecule has 1 aliphatic carbocycles. The molecule has 1 aromatic heterocycles. The highest BCUT2D eigenvalue weighted by Crippen LogP contribution is 2.40. The predicted octanol–water partition coefficient (Wildman–Crippen LogP) is 3.01. The Hall–Kier alpha value is -2.63. The van der Waals surface area contributed by atoms with Crippen molar-refractivity contribution in [2.24, 2.45) is 0 Å². The molecule has 6 heteroatoms. The minimum atomic E-state index is -0.0621. The first-order valence-corrected chi connectivity index (χ1v) is 8.79. The summed E-state index contributed by atoms with van der Waals surface area (Å²) in [5.74, 6) is 1.63. The maximum Gasteiger partial charge on any atom is 0.132 e. The van der Waals surface area contributed by atoms with Crippen LogP contribution in [0.3, 0.4) is 0 Å². The molecule has 1 aromatic carbocycles. The largest absolute Gasteiger partial charge is 0.488 e. The van der Waals surface area contributed by atoms with Crippen LogP contribution in [-0.2, 0) is 0 Å². The van der Waals surface area contributed by atoms with Crippen LogP contribution in [0.25, 0.3) is 0 Å². The van der Waals surface area contributed by atoms with E-state index in [0.717, 1.165) is 37.5 Å². The van der Waals surface area contributed by atoms with Gasteiger partial charge in [-0.15, -0.1) is 0 Å². The smallest absolute Gasteiger partial charge is 0.132 e. The van der Waals surface area contributed by atoms with Crippen molar-refractivity contribution in [3.8, 4) is 5.75 Å². The summed E-state index contributed by atoms with van der Waals surface area (Å²) < 4.78 is 6.01. The van der Waals surface area contributed by atoms with E-state index in [-0.39, 0.29) is 5.60 Å². The van der Waals surface area contributed by atoms with E-state index >= 15 is 0 Å². The number of nitrogen functional groups attached to an aromatic ring is 1. The molecule has 0 spiro atoms. The van der Waals surface area contributed by atoms with Crippen LogP contribution in [0.2, 0.25) is 0 Å². The topological polar surface area (TPSA) is 88.1 Å². The zero-order valence-electron chi connectivity index (χ0n) is 14.5. The number of anilines is 2. The maximum atomic E-state index is 8.58. The lowest BCUT2D eigenvalue weighted by molar-refractivity contribution is 0.200. The first-order chi connectivity index (χ1) is 12.0. The second-order valence-electron chi connectivity index (χ2n) is 7.13. The normalized spacial score (nSPS) is 18.2. The molecule has 25 heavy (non-hydrogen) atoms. The molecule has 3 N–H and O–H groups in total. The molecule has 1 saturated heterocycles. The quantitative estimate of drug-likeness (QED) is 0.647. The zero-order valence-corrected chi connectivity index (χ0v) is 14.5. The lowest BCUT2D eigenvalue weighted by atomic mass is 10.0. The number of nitrogens with two attached hydrogens (primary N) is 1. The summed E-state index contributed by atoms with van der Waals surface area (Å²) in [7, 11) is 0. The Balaban J connectivity index is 1.61. The Morgan fingerprint density at radius 2 is 1.96 bits per heavy atom. The van der Waals surface area contributed by atoms with Crippen molar-refractivity contribution >= 4 is 17.2 Å². The van der Waals surface area contributed by atoms with Crippen molar-refractivity contribution in [3.05, 3.63) is 41.9 Å². The van der Waals surface area contributed by atoms with Gasteiger partial charge < -0.3 is 15.4 Å². The molecule has 2 fully saturated rings. The molecule has 4 rings (SSSR count). The van der Waals surface area contributed by atoms with E-state index in [2.05, 4.69) is 21.8 Å². The molecule has 0 amide bonds. The SMILES string of the molecule is CC1(Oc2ccc(N)c(C(=N)c3cc(N4CCCC4)ncn3)c2)CC1. The Labute approximate surface area is 147 Å². The first kappa shape index (κ1) is 15.9. The number of ether oxygens (including phenoxy) is 1. The van der Waals surface area contributed by atoms with Crippen LogP contribution in [0.15, 0.2) is 30.6 Å². The number of benzene rings is 1. The maximum absolute atomic E-state index is 8.58. The standard InChI is InChI=1S/C19H23N5O/c1-19(6-7-19)25-13-4-5-15(20)14(10-13)18(21)16-11-17(23-12-22-16)24-8-2-3-9-24/h4-5,10-12,21H,2-3,6-9,20H2,1H3. The molecule has 2 aliphatic rings. The fourth-order valence-electron chi connectivity index (χ4n) is 3.12. The molecule has 1 aliphatic heterocycles. The van der Waals surface area contributed by atoms with Crippen molar-refractivity contribution in [1.29, 1.82) is 5.41 Å². The Morgan fingerprint density at radius 3 is 2.68 bits per heavy atom. The average Bonchev–Trinajstić information content (AvgIpc) is 3.12. The van der Waals surface area contributed by atoms with E-state index in [1.54, 1.807) is 6.07 Å². The van der Waals surface area contributed by atoms with Gasteiger partial charge >= 0.3 is 0 Å². The molecule has 0 atom stereocenters. The van der Waals surface area contributed by atoms with Crippen molar-refractivity contribution in [3.63, 3.8) is 0 Å². The van der Waals surface area contributed by atoms with Gasteiger partial charge in [0.1, 0.15) is 23.5 Å². The third-order valence-electron chi connectivity index (χ3n) is 4.95. The van der Waals surface area contributed by atoms with Crippen LogP contribution in [0.5, 0.6) is 5.75 Å². The number of hydrogen-bond acceptors (Lipinski definition) is 6. The second-order valence-corrected chi connectivity index (χ2v) is 7.13. The van der Waals surface area contributed by atoms with Crippen LogP contribution in [0, 0.1) is 5.41 Å². The van der Waals surface area contributed by atoms with Crippen LogP contribution >= 0.6 is 0 Å². The van der Waals surface area contributed by atoms with Gasteiger partial charge in [0, 0.05) is 30.4 Å². The van der Waals surface area contributed by atoms with Crippen molar-refractivity contribution in [2.45, 2.75) is 38.2 Å². The van der Waals surface area contributed by atoms with Crippen molar-refractivity contribution in [2.75, 3.05) is 23.7 Å². The lowest BCUT2D eigenvalue weighted by Gasteiger charge is -2.17. The molecule has 6 nitrogen and oxygen atoms in total. The highest BCUT2D eigenvalue weighted by molar-refractivity contribution is 6.13. The van der Waals surface area contributed by atoms with E-state index in [9.17, 15) is 0 Å². The Morgan fingerprint density at radius 1 is 1.20 bits per heavy atom. The third-order valence-corrected chi connectivity index (χ3v) is 4.95. The molecule has 0 bridgehead atoms. The van der Waals surface area contributed by atoms with Gasteiger partial charge in [-0.2, -0.15) is 0 Å². The highest BCUT2D eigenvalue weighted by Gasteiger charge is 2.40. The summed E-state index contributed by atoms with van der Waals surface area (Å²) in [6.07, 6.45) is 6.02. The number of nitrogens with zero attached hydrogens (tertiary/aromatic N) is 3. The van der Waals surface area contributed by atoms with Gasteiger partial charge in [-0.1, -0.05) is 0 Å². The van der Waals surface area contributed by atoms with Gasteiger partial charge in [0.2, 0.25) is 0 Å². The summed E-state index contributed by atoms with van der Waals surface area (Å²) in [5.41, 5.74) is 8.14. The van der Waals surface area contributed by atoms with Crippen molar-refractivity contribution in [1.82, 2.24) is 9.97 Å². The van der Waals surface area contributed by atoms with Crippen LogP contribution in [0.1, 0.15) is 43.9 Å².